The van der Waals surface area contributed by atoms with E-state index in [-0.39, 0.29) is 37.7 Å². The zero-order chi connectivity index (χ0) is 5.15. The van der Waals surface area contributed by atoms with Crippen LogP contribution in [-0.2, 0) is 4.57 Å². The van der Waals surface area contributed by atoms with Crippen molar-refractivity contribution in [2.75, 3.05) is 0 Å². The van der Waals surface area contributed by atoms with E-state index in [1.807, 2.05) is 0 Å². The third-order valence-electron chi connectivity index (χ3n) is 0.357. The number of hydrogen-bond donors (Lipinski definition) is 2. The molecule has 0 aromatic rings. The van der Waals surface area contributed by atoms with Gasteiger partial charge in [0.2, 0.25) is 8.03 Å². The van der Waals surface area contributed by atoms with Gasteiger partial charge in [0.25, 0.3) is 0 Å². The Hall–Kier alpha value is 1.41. The molecule has 0 aromatic carbocycles. The molecule has 0 heterocycles. The van der Waals surface area contributed by atoms with Gasteiger partial charge >= 0.3 is 37.7 Å². The van der Waals surface area contributed by atoms with Crippen LogP contribution in [0.3, 0.4) is 0 Å². The number of aliphatic hydroxyl groups is 1. The van der Waals surface area contributed by atoms with Crippen LogP contribution in [0.25, 0.3) is 0 Å². The van der Waals surface area contributed by atoms with Gasteiger partial charge in [-0.05, 0) is 6.92 Å². The summed E-state index contributed by atoms with van der Waals surface area (Å²) in [6.07, 6.45) is 0. The van der Waals surface area contributed by atoms with Crippen molar-refractivity contribution in [2.45, 2.75) is 12.8 Å². The first-order valence-corrected chi connectivity index (χ1v) is 2.98. The van der Waals surface area contributed by atoms with Gasteiger partial charge in [0.05, 0.1) is 0 Å². The zero-order valence-corrected chi connectivity index (χ0v) is 4.38. The van der Waals surface area contributed by atoms with Gasteiger partial charge < -0.3 is 10.00 Å². The fourth-order valence-electron chi connectivity index (χ4n) is 0. The SMILES string of the molecule is CC(O)[PH](=O)O.[CaH2]. The zero-order valence-electron chi connectivity index (χ0n) is 3.38. The minimum atomic E-state index is -2.65. The molecule has 0 aromatic heterocycles. The van der Waals surface area contributed by atoms with Gasteiger partial charge in [-0.2, -0.15) is 0 Å². The van der Waals surface area contributed by atoms with Crippen LogP contribution in [0, 0.1) is 0 Å². The second-order valence-electron chi connectivity index (χ2n) is 1.01. The van der Waals surface area contributed by atoms with Gasteiger partial charge in [0, 0.05) is 0 Å². The van der Waals surface area contributed by atoms with E-state index in [4.69, 9.17) is 10.00 Å². The Bertz CT molecular complexity index is 64.0. The number of rotatable bonds is 1. The maximum absolute atomic E-state index is 9.63. The van der Waals surface area contributed by atoms with Gasteiger partial charge in [-0.25, -0.2) is 0 Å². The Morgan fingerprint density at radius 3 is 1.86 bits per heavy atom. The molecule has 0 amide bonds. The number of aliphatic hydroxyl groups excluding tert-OH is 1. The molecule has 3 nitrogen and oxygen atoms in total. The fraction of sp³-hybridized carbons (Fsp3) is 1.00. The Labute approximate surface area is 72.6 Å². The molecule has 2 unspecified atom stereocenters. The number of hydrogen-bond acceptors (Lipinski definition) is 2. The maximum atomic E-state index is 9.63. The van der Waals surface area contributed by atoms with Gasteiger partial charge in [-0.3, -0.25) is 4.57 Å². The second-order valence-corrected chi connectivity index (χ2v) is 2.53. The summed E-state index contributed by atoms with van der Waals surface area (Å²) in [5.74, 6) is -1.05. The summed E-state index contributed by atoms with van der Waals surface area (Å²) < 4.78 is 9.63. The second kappa shape index (κ2) is 5.54. The van der Waals surface area contributed by atoms with Gasteiger partial charge in [0.1, 0.15) is 5.85 Å². The van der Waals surface area contributed by atoms with Crippen molar-refractivity contribution in [1.29, 1.82) is 0 Å². The summed E-state index contributed by atoms with van der Waals surface area (Å²) in [6.45, 7) is 1.28. The Balaban J connectivity index is 0. The van der Waals surface area contributed by atoms with Gasteiger partial charge in [-0.1, -0.05) is 0 Å². The first-order chi connectivity index (χ1) is 2.64. The monoisotopic (exact) mass is 152 g/mol. The van der Waals surface area contributed by atoms with Gasteiger partial charge in [0.15, 0.2) is 0 Å². The van der Waals surface area contributed by atoms with Crippen molar-refractivity contribution >= 4 is 45.8 Å². The predicted molar refractivity (Wildman–Crippen MR) is 31.4 cm³/mol. The fourth-order valence-corrected chi connectivity index (χ4v) is 0. The van der Waals surface area contributed by atoms with Crippen molar-refractivity contribution in [3.05, 3.63) is 0 Å². The summed E-state index contributed by atoms with van der Waals surface area (Å²) in [5, 5.41) is 8.11. The van der Waals surface area contributed by atoms with E-state index < -0.39 is 13.9 Å². The molecule has 0 aliphatic carbocycles. The van der Waals surface area contributed by atoms with Crippen LogP contribution in [0.2, 0.25) is 0 Å². The van der Waals surface area contributed by atoms with Crippen LogP contribution in [0.15, 0.2) is 0 Å². The van der Waals surface area contributed by atoms with E-state index in [0.29, 0.717) is 0 Å². The Morgan fingerprint density at radius 1 is 1.71 bits per heavy atom. The third kappa shape index (κ3) is 7.41. The average Bonchev–Trinajstić information content (AvgIpc) is 1.36. The molecule has 0 saturated carbocycles. The topological polar surface area (TPSA) is 57.5 Å². The first-order valence-electron chi connectivity index (χ1n) is 1.55. The van der Waals surface area contributed by atoms with E-state index >= 15 is 0 Å². The first kappa shape index (κ1) is 11.2. The molecular weight excluding hydrogens is 143 g/mol. The molecule has 0 radical (unpaired) electrons. The molecule has 0 saturated heterocycles. The molecule has 0 rings (SSSR count). The van der Waals surface area contributed by atoms with Crippen LogP contribution in [0.4, 0.5) is 0 Å². The summed E-state index contributed by atoms with van der Waals surface area (Å²) in [6, 6.07) is 0. The molecule has 0 aliphatic rings. The van der Waals surface area contributed by atoms with Crippen LogP contribution < -0.4 is 0 Å². The third-order valence-corrected chi connectivity index (χ3v) is 1.07. The predicted octanol–water partition coefficient (Wildman–Crippen LogP) is -1.12. The van der Waals surface area contributed by atoms with Crippen LogP contribution >= 0.6 is 8.03 Å². The molecule has 0 spiro atoms. The summed E-state index contributed by atoms with van der Waals surface area (Å²) in [5.41, 5.74) is 0. The molecule has 2 atom stereocenters. The average molecular weight is 152 g/mol. The van der Waals surface area contributed by atoms with Crippen molar-refractivity contribution < 1.29 is 14.6 Å². The Morgan fingerprint density at radius 2 is 1.86 bits per heavy atom. The summed E-state index contributed by atoms with van der Waals surface area (Å²) in [7, 11) is -2.65. The minimum absolute atomic E-state index is 0. The molecule has 7 heavy (non-hydrogen) atoms. The van der Waals surface area contributed by atoms with E-state index in [1.165, 1.54) is 6.92 Å². The quantitative estimate of drug-likeness (QED) is 0.369. The molecule has 0 bridgehead atoms. The Kier molecular flexibility index (Phi) is 8.90. The van der Waals surface area contributed by atoms with E-state index in [2.05, 4.69) is 0 Å². The van der Waals surface area contributed by atoms with E-state index in [1.54, 1.807) is 0 Å². The van der Waals surface area contributed by atoms with Gasteiger partial charge in [-0.15, -0.1) is 0 Å². The molecule has 0 fully saturated rings. The van der Waals surface area contributed by atoms with E-state index in [9.17, 15) is 4.57 Å². The van der Waals surface area contributed by atoms with E-state index in [0.717, 1.165) is 0 Å². The van der Waals surface area contributed by atoms with Crippen molar-refractivity contribution in [2.24, 2.45) is 0 Å². The normalized spacial score (nSPS) is 17.0. The van der Waals surface area contributed by atoms with Crippen molar-refractivity contribution in [1.82, 2.24) is 0 Å². The molecular formula is C2H9CaO3P. The summed E-state index contributed by atoms with van der Waals surface area (Å²) in [4.78, 5) is 7.93. The van der Waals surface area contributed by atoms with Crippen molar-refractivity contribution in [3.63, 3.8) is 0 Å². The van der Waals surface area contributed by atoms with Crippen LogP contribution in [-0.4, -0.2) is 53.6 Å². The molecule has 0 aliphatic heterocycles. The molecule has 5 heteroatoms. The van der Waals surface area contributed by atoms with Crippen molar-refractivity contribution in [3.8, 4) is 0 Å². The standard InChI is InChI=1S/C2H7O3P.Ca.2H/c1-2(3)6(4)5;;;/h2-3,6H,1H3,(H,4,5);;;. The van der Waals surface area contributed by atoms with Crippen LogP contribution in [0.1, 0.15) is 6.92 Å². The summed E-state index contributed by atoms with van der Waals surface area (Å²) >= 11 is 0. The molecule has 2 N–H and O–H groups in total. The molecule has 42 valence electrons. The van der Waals surface area contributed by atoms with Crippen LogP contribution in [0.5, 0.6) is 0 Å².